The first-order chi connectivity index (χ1) is 30.8. The molecule has 5 N–H and O–H groups in total. The van der Waals surface area contributed by atoms with E-state index in [9.17, 15) is 19.2 Å². The maximum absolute atomic E-state index is 13.0. The van der Waals surface area contributed by atoms with Gasteiger partial charge in [-0.1, -0.05) is 24.3 Å². The zero-order chi connectivity index (χ0) is 43.5. The Bertz CT molecular complexity index is 2400. The average molecular weight is 861 g/mol. The number of piperidine rings is 2. The Balaban J connectivity index is 0.695. The second-order valence-electron chi connectivity index (χ2n) is 15.6. The van der Waals surface area contributed by atoms with Crippen LogP contribution in [0.25, 0.3) is 22.3 Å². The zero-order valence-corrected chi connectivity index (χ0v) is 35.0. The van der Waals surface area contributed by atoms with Crippen LogP contribution in [0, 0.1) is 0 Å². The highest BCUT2D eigenvalue weighted by Gasteiger charge is 2.40. The SMILES string of the molecule is Nc1ncnc2c1c(-c1ccc(Oc3ccccc3)cc1)nn2[C@@H]1CCCN(CC(=O)NCCOCCOCCOCCNc2cccc3c2CN(C2CCC(=O)NC2=O)C3=O)C1. The molecule has 0 radical (unpaired) electrons. The fourth-order valence-corrected chi connectivity index (χ4v) is 8.20. The molecule has 5 aromatic rings. The van der Waals surface area contributed by atoms with Gasteiger partial charge in [-0.25, -0.2) is 14.6 Å². The molecule has 5 heterocycles. The molecule has 0 saturated carbocycles. The number of nitrogen functional groups attached to an aromatic ring is 1. The predicted molar refractivity (Wildman–Crippen MR) is 233 cm³/mol. The number of hydrogen-bond donors (Lipinski definition) is 4. The number of rotatable bonds is 20. The van der Waals surface area contributed by atoms with E-state index < -0.39 is 11.9 Å². The lowest BCUT2D eigenvalue weighted by Crippen LogP contribution is -2.52. The molecule has 2 aromatic heterocycles. The molecule has 4 amide bonds. The lowest BCUT2D eigenvalue weighted by Gasteiger charge is -2.32. The summed E-state index contributed by atoms with van der Waals surface area (Å²) in [6.07, 6.45) is 3.78. The summed E-state index contributed by atoms with van der Waals surface area (Å²) in [7, 11) is 0. The molecular weight excluding hydrogens is 809 g/mol. The lowest BCUT2D eigenvalue weighted by molar-refractivity contribution is -0.137. The number of carbonyl (C=O) groups excluding carboxylic acids is 4. The maximum Gasteiger partial charge on any atom is 0.255 e. The number of ether oxygens (including phenoxy) is 4. The number of nitrogens with zero attached hydrogens (tertiary/aromatic N) is 6. The standard InChI is InChI=1S/C45H52N10O8/c46-42-40-41(30-11-13-33(14-12-30)63-32-7-2-1-3-8-32)52-55(43(40)50-29-49-42)31-6-5-19-53(26-31)28-39(57)48-18-21-61-23-25-62-24-22-60-20-17-47-36-10-4-9-34-35(36)27-54(45(34)59)37-15-16-38(56)51-44(37)58/h1-4,7-14,29,31,37,47H,5-6,15-28H2,(H,48,57)(H2,46,49,50)(H,51,56,58)/t31-,37?/m1/s1. The smallest absolute Gasteiger partial charge is 0.255 e. The molecule has 2 saturated heterocycles. The number of amides is 4. The average Bonchev–Trinajstić information content (AvgIpc) is 3.85. The molecule has 0 bridgehead atoms. The number of fused-ring (bicyclic) bond motifs is 2. The van der Waals surface area contributed by atoms with Crippen molar-refractivity contribution in [2.45, 2.75) is 44.3 Å². The molecule has 3 aliphatic heterocycles. The number of carbonyl (C=O) groups is 4. The number of imide groups is 1. The number of nitrogens with one attached hydrogen (secondary N) is 3. The van der Waals surface area contributed by atoms with Gasteiger partial charge in [0, 0.05) is 55.0 Å². The molecule has 18 nitrogen and oxygen atoms in total. The van der Waals surface area contributed by atoms with Gasteiger partial charge < -0.3 is 40.2 Å². The van der Waals surface area contributed by atoms with E-state index in [1.54, 1.807) is 6.07 Å². The van der Waals surface area contributed by atoms with Gasteiger partial charge in [0.2, 0.25) is 17.7 Å². The summed E-state index contributed by atoms with van der Waals surface area (Å²) in [6, 6.07) is 22.1. The van der Waals surface area contributed by atoms with Crippen molar-refractivity contribution in [2.75, 3.05) is 83.4 Å². The normalized spacial score (nSPS) is 17.8. The van der Waals surface area contributed by atoms with Gasteiger partial charge in [-0.2, -0.15) is 5.10 Å². The zero-order valence-electron chi connectivity index (χ0n) is 35.0. The topological polar surface area (TPSA) is 217 Å². The highest BCUT2D eigenvalue weighted by Crippen LogP contribution is 2.35. The first-order valence-electron chi connectivity index (χ1n) is 21.4. The molecule has 18 heteroatoms. The van der Waals surface area contributed by atoms with Crippen LogP contribution in [0.5, 0.6) is 11.5 Å². The van der Waals surface area contributed by atoms with Gasteiger partial charge in [0.05, 0.1) is 57.6 Å². The van der Waals surface area contributed by atoms with Crippen molar-refractivity contribution in [3.63, 3.8) is 0 Å². The van der Waals surface area contributed by atoms with Crippen LogP contribution in [-0.2, 0) is 35.1 Å². The Kier molecular flexibility index (Phi) is 14.1. The van der Waals surface area contributed by atoms with Gasteiger partial charge in [0.25, 0.3) is 5.91 Å². The van der Waals surface area contributed by atoms with Crippen LogP contribution in [0.1, 0.15) is 47.6 Å². The lowest BCUT2D eigenvalue weighted by atomic mass is 10.0. The number of para-hydroxylation sites is 1. The maximum atomic E-state index is 13.0. The van der Waals surface area contributed by atoms with Crippen molar-refractivity contribution < 1.29 is 38.1 Å². The van der Waals surface area contributed by atoms with Crippen molar-refractivity contribution in [2.24, 2.45) is 0 Å². The van der Waals surface area contributed by atoms with Gasteiger partial charge in [-0.3, -0.25) is 29.4 Å². The summed E-state index contributed by atoms with van der Waals surface area (Å²) < 4.78 is 24.9. The van der Waals surface area contributed by atoms with Gasteiger partial charge in [0.15, 0.2) is 5.65 Å². The Labute approximate surface area is 364 Å². The van der Waals surface area contributed by atoms with Crippen molar-refractivity contribution in [3.8, 4) is 22.8 Å². The van der Waals surface area contributed by atoms with Crippen molar-refractivity contribution in [1.29, 1.82) is 0 Å². The molecule has 3 aromatic carbocycles. The number of nitrogens with two attached hydrogens (primary N) is 1. The molecule has 8 rings (SSSR count). The minimum absolute atomic E-state index is 0.00646. The quantitative estimate of drug-likeness (QED) is 0.0651. The second kappa shape index (κ2) is 20.6. The van der Waals surface area contributed by atoms with Crippen molar-refractivity contribution in [1.82, 2.24) is 40.2 Å². The van der Waals surface area contributed by atoms with E-state index in [1.807, 2.05) is 71.4 Å². The van der Waals surface area contributed by atoms with E-state index in [4.69, 9.17) is 29.8 Å². The summed E-state index contributed by atoms with van der Waals surface area (Å²) >= 11 is 0. The van der Waals surface area contributed by atoms with E-state index in [2.05, 4.69) is 30.8 Å². The minimum atomic E-state index is -0.654. The third kappa shape index (κ3) is 10.6. The van der Waals surface area contributed by atoms with Crippen molar-refractivity contribution in [3.05, 3.63) is 90.3 Å². The number of hydrogen-bond acceptors (Lipinski definition) is 14. The van der Waals surface area contributed by atoms with Gasteiger partial charge >= 0.3 is 0 Å². The molecule has 63 heavy (non-hydrogen) atoms. The van der Waals surface area contributed by atoms with E-state index in [1.165, 1.54) is 11.2 Å². The molecule has 3 aliphatic rings. The van der Waals surface area contributed by atoms with Crippen LogP contribution in [0.2, 0.25) is 0 Å². The summed E-state index contributed by atoms with van der Waals surface area (Å²) in [5, 5.41) is 14.3. The molecule has 0 spiro atoms. The second-order valence-corrected chi connectivity index (χ2v) is 15.6. The van der Waals surface area contributed by atoms with Crippen LogP contribution in [0.15, 0.2) is 79.1 Å². The third-order valence-electron chi connectivity index (χ3n) is 11.3. The van der Waals surface area contributed by atoms with Crippen LogP contribution in [0.4, 0.5) is 11.5 Å². The molecule has 1 unspecified atom stereocenters. The van der Waals surface area contributed by atoms with Gasteiger partial charge in [-0.05, 0) is 74.3 Å². The number of benzene rings is 3. The van der Waals surface area contributed by atoms with E-state index in [0.29, 0.717) is 106 Å². The Morgan fingerprint density at radius 3 is 2.37 bits per heavy atom. The minimum Gasteiger partial charge on any atom is -0.457 e. The molecule has 2 atom stereocenters. The van der Waals surface area contributed by atoms with Crippen LogP contribution in [-0.4, -0.2) is 132 Å². The van der Waals surface area contributed by atoms with Crippen LogP contribution < -0.4 is 26.4 Å². The summed E-state index contributed by atoms with van der Waals surface area (Å²) in [4.78, 5) is 62.4. The third-order valence-corrected chi connectivity index (χ3v) is 11.3. The van der Waals surface area contributed by atoms with E-state index in [0.717, 1.165) is 42.0 Å². The summed E-state index contributed by atoms with van der Waals surface area (Å²) in [5.74, 6) is 0.802. The van der Waals surface area contributed by atoms with Crippen molar-refractivity contribution >= 4 is 46.2 Å². The fourth-order valence-electron chi connectivity index (χ4n) is 8.20. The summed E-state index contributed by atoms with van der Waals surface area (Å²) in [6.45, 7) is 5.29. The van der Waals surface area contributed by atoms with E-state index >= 15 is 0 Å². The highest BCUT2D eigenvalue weighted by atomic mass is 16.5. The number of likely N-dealkylation sites (tertiary alicyclic amines) is 1. The molecular formula is C45H52N10O8. The number of anilines is 2. The largest absolute Gasteiger partial charge is 0.457 e. The molecule has 2 fully saturated rings. The van der Waals surface area contributed by atoms with E-state index in [-0.39, 0.29) is 36.7 Å². The Morgan fingerprint density at radius 1 is 0.841 bits per heavy atom. The first kappa shape index (κ1) is 43.2. The van der Waals surface area contributed by atoms with Gasteiger partial charge in [0.1, 0.15) is 35.4 Å². The molecule has 0 aliphatic carbocycles. The highest BCUT2D eigenvalue weighted by molar-refractivity contribution is 6.06. The monoisotopic (exact) mass is 860 g/mol. The van der Waals surface area contributed by atoms with Crippen LogP contribution >= 0.6 is 0 Å². The Hall–Kier alpha value is -6.47. The Morgan fingerprint density at radius 2 is 1.59 bits per heavy atom. The van der Waals surface area contributed by atoms with Crippen LogP contribution in [0.3, 0.4) is 0 Å². The first-order valence-corrected chi connectivity index (χ1v) is 21.4. The summed E-state index contributed by atoms with van der Waals surface area (Å²) in [5.41, 5.74) is 10.8. The predicted octanol–water partition coefficient (Wildman–Crippen LogP) is 3.54. The fraction of sp³-hybridized carbons (Fsp3) is 0.400. The number of aromatic nitrogens is 4. The van der Waals surface area contributed by atoms with Gasteiger partial charge in [-0.15, -0.1) is 0 Å². The molecule has 330 valence electrons.